The average Bonchev–Trinajstić information content (AvgIpc) is 3.13. The molecule has 0 radical (unpaired) electrons. The lowest BCUT2D eigenvalue weighted by Crippen LogP contribution is -2.08. The normalized spacial score (nSPS) is 12.2. The Morgan fingerprint density at radius 1 is 1.17 bits per heavy atom. The van der Waals surface area contributed by atoms with Crippen molar-refractivity contribution < 1.29 is 9.18 Å². The molecule has 0 unspecified atom stereocenters. The highest BCUT2D eigenvalue weighted by Crippen LogP contribution is 2.34. The Balaban J connectivity index is 1.55. The first kappa shape index (κ1) is 19.3. The first-order chi connectivity index (χ1) is 14.0. The first-order valence-corrected chi connectivity index (χ1v) is 10.1. The zero-order valence-electron chi connectivity index (χ0n) is 16.0. The smallest absolute Gasteiger partial charge is 0.191 e. The average molecular weight is 406 g/mol. The molecule has 0 bridgehead atoms. The van der Waals surface area contributed by atoms with Crippen molar-refractivity contribution >= 4 is 28.4 Å². The Bertz CT molecular complexity index is 1190. The van der Waals surface area contributed by atoms with E-state index in [2.05, 4.69) is 15.2 Å². The molecule has 2 aromatic carbocycles. The fourth-order valence-corrected chi connectivity index (χ4v) is 3.98. The number of aromatic nitrogens is 4. The van der Waals surface area contributed by atoms with Crippen LogP contribution in [-0.2, 0) is 13.5 Å². The van der Waals surface area contributed by atoms with Crippen LogP contribution in [0.4, 0.5) is 4.39 Å². The summed E-state index contributed by atoms with van der Waals surface area (Å²) < 4.78 is 16.2. The van der Waals surface area contributed by atoms with E-state index in [-0.39, 0.29) is 17.5 Å². The van der Waals surface area contributed by atoms with Gasteiger partial charge in [0.2, 0.25) is 0 Å². The number of nitrogens with zero attached hydrogens (tertiary/aromatic N) is 4. The third kappa shape index (κ3) is 4.19. The summed E-state index contributed by atoms with van der Waals surface area (Å²) in [5.74, 6) is -0.598. The minimum Gasteiger partial charge on any atom is -0.312 e. The second-order valence-electron chi connectivity index (χ2n) is 6.82. The Hall–Kier alpha value is -3.06. The van der Waals surface area contributed by atoms with Gasteiger partial charge >= 0.3 is 0 Å². The Morgan fingerprint density at radius 2 is 2.00 bits per heavy atom. The van der Waals surface area contributed by atoms with Crippen LogP contribution in [0.25, 0.3) is 10.9 Å². The van der Waals surface area contributed by atoms with Crippen LogP contribution in [0.5, 0.6) is 0 Å². The number of para-hydroxylation sites is 1. The lowest BCUT2D eigenvalue weighted by atomic mass is 10.0. The number of pyridine rings is 1. The van der Waals surface area contributed by atoms with Gasteiger partial charge in [0.15, 0.2) is 10.9 Å². The van der Waals surface area contributed by atoms with E-state index >= 15 is 0 Å². The highest BCUT2D eigenvalue weighted by Gasteiger charge is 2.16. The van der Waals surface area contributed by atoms with Crippen LogP contribution in [0.15, 0.2) is 66.1 Å². The molecule has 5 nitrogen and oxygen atoms in total. The number of hydrogen-bond acceptors (Lipinski definition) is 5. The van der Waals surface area contributed by atoms with Gasteiger partial charge in [-0.3, -0.25) is 4.79 Å². The van der Waals surface area contributed by atoms with E-state index in [1.807, 2.05) is 48.9 Å². The molecule has 7 heteroatoms. The summed E-state index contributed by atoms with van der Waals surface area (Å²) in [5.41, 5.74) is 2.39. The third-order valence-electron chi connectivity index (χ3n) is 4.73. The van der Waals surface area contributed by atoms with Crippen LogP contribution in [0.3, 0.4) is 0 Å². The number of ketones is 1. The molecule has 29 heavy (non-hydrogen) atoms. The minimum absolute atomic E-state index is 0.0335. The quantitative estimate of drug-likeness (QED) is 0.341. The van der Waals surface area contributed by atoms with E-state index in [1.165, 1.54) is 17.8 Å². The van der Waals surface area contributed by atoms with Crippen molar-refractivity contribution in [3.63, 3.8) is 0 Å². The molecule has 146 valence electrons. The van der Waals surface area contributed by atoms with E-state index in [9.17, 15) is 9.18 Å². The van der Waals surface area contributed by atoms with Gasteiger partial charge in [0.05, 0.1) is 5.52 Å². The summed E-state index contributed by atoms with van der Waals surface area (Å²) in [4.78, 5) is 17.2. The standard InChI is InChI=1S/C22H19FN4OS/c1-14(29-22-26-24-13-27(22)2)16-7-9-18(23)17(11-16)12-21(28)20-10-8-15-5-3-4-6-19(15)25-20/h3-11,13-14H,12H2,1-2H3/t14-/m0/s1. The van der Waals surface area contributed by atoms with E-state index in [0.717, 1.165) is 21.6 Å². The Morgan fingerprint density at radius 3 is 2.79 bits per heavy atom. The molecule has 0 saturated carbocycles. The van der Waals surface area contributed by atoms with Gasteiger partial charge in [-0.1, -0.05) is 48.2 Å². The van der Waals surface area contributed by atoms with E-state index in [0.29, 0.717) is 11.3 Å². The van der Waals surface area contributed by atoms with Crippen LogP contribution in [0.2, 0.25) is 0 Å². The molecule has 0 aliphatic heterocycles. The van der Waals surface area contributed by atoms with Crippen LogP contribution in [0.1, 0.15) is 33.8 Å². The third-order valence-corrected chi connectivity index (χ3v) is 5.93. The van der Waals surface area contributed by atoms with Crippen molar-refractivity contribution in [2.45, 2.75) is 23.8 Å². The van der Waals surface area contributed by atoms with Gasteiger partial charge in [-0.15, -0.1) is 10.2 Å². The maximum absolute atomic E-state index is 14.4. The number of Topliss-reactive ketones (excluding diaryl/α,β-unsaturated/α-hetero) is 1. The molecule has 0 saturated heterocycles. The highest BCUT2D eigenvalue weighted by molar-refractivity contribution is 7.99. The van der Waals surface area contributed by atoms with Gasteiger partial charge < -0.3 is 4.57 Å². The molecule has 0 aliphatic rings. The number of thioether (sulfide) groups is 1. The highest BCUT2D eigenvalue weighted by atomic mass is 32.2. The van der Waals surface area contributed by atoms with E-state index in [4.69, 9.17) is 0 Å². The van der Waals surface area contributed by atoms with Crippen molar-refractivity contribution in [3.8, 4) is 0 Å². The lowest BCUT2D eigenvalue weighted by Gasteiger charge is -2.13. The fourth-order valence-electron chi connectivity index (χ4n) is 3.07. The Kier molecular flexibility index (Phi) is 5.40. The van der Waals surface area contributed by atoms with Gasteiger partial charge in [0.1, 0.15) is 17.8 Å². The topological polar surface area (TPSA) is 60.7 Å². The number of benzene rings is 2. The van der Waals surface area contributed by atoms with Crippen LogP contribution in [0, 0.1) is 5.82 Å². The fraction of sp³-hybridized carbons (Fsp3) is 0.182. The summed E-state index contributed by atoms with van der Waals surface area (Å²) in [6.07, 6.45) is 1.60. The summed E-state index contributed by atoms with van der Waals surface area (Å²) in [6, 6.07) is 16.1. The summed E-state index contributed by atoms with van der Waals surface area (Å²) >= 11 is 1.53. The number of hydrogen-bond donors (Lipinski definition) is 0. The van der Waals surface area contributed by atoms with Gasteiger partial charge in [-0.2, -0.15) is 0 Å². The Labute approximate surface area is 172 Å². The molecule has 0 N–H and O–H groups in total. The zero-order valence-corrected chi connectivity index (χ0v) is 16.9. The van der Waals surface area contributed by atoms with Crippen molar-refractivity contribution in [1.29, 1.82) is 0 Å². The second kappa shape index (κ2) is 8.13. The number of aryl methyl sites for hydroxylation is 1. The molecule has 4 aromatic rings. The number of carbonyl (C=O) groups excluding carboxylic acids is 1. The number of fused-ring (bicyclic) bond motifs is 1. The maximum Gasteiger partial charge on any atom is 0.191 e. The van der Waals surface area contributed by atoms with Gasteiger partial charge in [-0.25, -0.2) is 9.37 Å². The van der Waals surface area contributed by atoms with Crippen molar-refractivity contribution in [2.75, 3.05) is 0 Å². The molecule has 0 fully saturated rings. The monoisotopic (exact) mass is 406 g/mol. The van der Waals surface area contributed by atoms with Gasteiger partial charge in [0.25, 0.3) is 0 Å². The molecular formula is C22H19FN4OS. The molecule has 4 rings (SSSR count). The number of rotatable bonds is 6. The van der Waals surface area contributed by atoms with E-state index < -0.39 is 5.82 Å². The predicted octanol–water partition coefficient (Wildman–Crippen LogP) is 4.78. The predicted molar refractivity (Wildman–Crippen MR) is 111 cm³/mol. The number of carbonyl (C=O) groups is 1. The van der Waals surface area contributed by atoms with Crippen LogP contribution < -0.4 is 0 Å². The number of halogens is 1. The van der Waals surface area contributed by atoms with Gasteiger partial charge in [-0.05, 0) is 36.2 Å². The van der Waals surface area contributed by atoms with Crippen molar-refractivity contribution in [2.24, 2.45) is 7.05 Å². The summed E-state index contributed by atoms with van der Waals surface area (Å²) in [5, 5.41) is 9.72. The zero-order chi connectivity index (χ0) is 20.4. The second-order valence-corrected chi connectivity index (χ2v) is 8.13. The molecule has 0 amide bonds. The molecule has 2 heterocycles. The summed E-state index contributed by atoms with van der Waals surface area (Å²) in [7, 11) is 1.88. The molecular weight excluding hydrogens is 387 g/mol. The first-order valence-electron chi connectivity index (χ1n) is 9.19. The van der Waals surface area contributed by atoms with Crippen molar-refractivity contribution in [1.82, 2.24) is 19.7 Å². The van der Waals surface area contributed by atoms with Crippen LogP contribution >= 0.6 is 11.8 Å². The van der Waals surface area contributed by atoms with Crippen molar-refractivity contribution in [3.05, 3.63) is 83.6 Å². The van der Waals surface area contributed by atoms with Gasteiger partial charge in [0, 0.05) is 24.1 Å². The van der Waals surface area contributed by atoms with Crippen LogP contribution in [-0.4, -0.2) is 25.5 Å². The molecule has 2 aromatic heterocycles. The largest absolute Gasteiger partial charge is 0.312 e. The minimum atomic E-state index is -0.390. The van der Waals surface area contributed by atoms with E-state index in [1.54, 1.807) is 24.5 Å². The molecule has 0 aliphatic carbocycles. The molecule has 0 spiro atoms. The SMILES string of the molecule is C[C@H](Sc1nncn1C)c1ccc(F)c(CC(=O)c2ccc3ccccc3n2)c1. The lowest BCUT2D eigenvalue weighted by molar-refractivity contribution is 0.0987. The summed E-state index contributed by atoms with van der Waals surface area (Å²) in [6.45, 7) is 2.02. The molecule has 1 atom stereocenters. The maximum atomic E-state index is 14.4.